The largest absolute Gasteiger partial charge is 0.477 e. The Morgan fingerprint density at radius 1 is 1.11 bits per heavy atom. The zero-order chi connectivity index (χ0) is 19.8. The molecule has 1 aromatic heterocycles. The molecule has 0 aliphatic carbocycles. The van der Waals surface area contributed by atoms with Gasteiger partial charge in [-0.1, -0.05) is 53.5 Å². The smallest absolute Gasteiger partial charge is 0.352 e. The third-order valence-electron chi connectivity index (χ3n) is 4.81. The van der Waals surface area contributed by atoms with Crippen LogP contribution in [-0.2, 0) is 4.79 Å². The molecule has 0 saturated carbocycles. The first-order valence-corrected chi connectivity index (χ1v) is 9.54. The predicted molar refractivity (Wildman–Crippen MR) is 110 cm³/mol. The van der Waals surface area contributed by atoms with Gasteiger partial charge < -0.3 is 15.4 Å². The Morgan fingerprint density at radius 2 is 1.86 bits per heavy atom. The van der Waals surface area contributed by atoms with Gasteiger partial charge >= 0.3 is 5.97 Å². The molecular weight excluding hydrogens is 399 g/mol. The molecule has 0 atom stereocenters. The Balaban J connectivity index is 2.15. The molecular formula is C21H16Cl2N2O3. The number of nitrogens with one attached hydrogen (secondary N) is 2. The fraction of sp³-hybridized carbons (Fsp3) is 0.143. The third kappa shape index (κ3) is 3.17. The minimum Gasteiger partial charge on any atom is -0.477 e. The summed E-state index contributed by atoms with van der Waals surface area (Å²) in [6.45, 7) is 0.598. The number of halogens is 2. The number of carbonyl (C=O) groups excluding carboxylic acids is 1. The number of carboxylic acids is 1. The molecule has 2 aromatic carbocycles. The van der Waals surface area contributed by atoms with Crippen LogP contribution >= 0.6 is 23.2 Å². The summed E-state index contributed by atoms with van der Waals surface area (Å²) in [5.74, 6) is -1.33. The van der Waals surface area contributed by atoms with Crippen molar-refractivity contribution in [1.82, 2.24) is 10.3 Å². The number of hydrogen-bond acceptors (Lipinski definition) is 2. The Labute approximate surface area is 171 Å². The van der Waals surface area contributed by atoms with Crippen molar-refractivity contribution < 1.29 is 14.7 Å². The van der Waals surface area contributed by atoms with Gasteiger partial charge in [0.1, 0.15) is 5.69 Å². The summed E-state index contributed by atoms with van der Waals surface area (Å²) in [6, 6.07) is 12.5. The lowest BCUT2D eigenvalue weighted by Crippen LogP contribution is -2.31. The van der Waals surface area contributed by atoms with Gasteiger partial charge in [0, 0.05) is 39.2 Å². The normalized spacial score (nSPS) is 16.1. The topological polar surface area (TPSA) is 82.2 Å². The van der Waals surface area contributed by atoms with Gasteiger partial charge in [-0.3, -0.25) is 4.79 Å². The van der Waals surface area contributed by atoms with Crippen LogP contribution in [-0.4, -0.2) is 28.5 Å². The van der Waals surface area contributed by atoms with Gasteiger partial charge in [-0.15, -0.1) is 0 Å². The maximum absolute atomic E-state index is 12.7. The number of H-pyrrole nitrogens is 1. The van der Waals surface area contributed by atoms with E-state index in [-0.39, 0.29) is 11.6 Å². The van der Waals surface area contributed by atoms with Crippen LogP contribution in [0.25, 0.3) is 16.5 Å². The van der Waals surface area contributed by atoms with E-state index in [0.717, 1.165) is 12.0 Å². The Bertz CT molecular complexity index is 1130. The zero-order valence-electron chi connectivity index (χ0n) is 14.7. The van der Waals surface area contributed by atoms with Gasteiger partial charge in [-0.05, 0) is 30.5 Å². The molecule has 0 bridgehead atoms. The molecule has 3 N–H and O–H groups in total. The molecule has 0 spiro atoms. The third-order valence-corrected chi connectivity index (χ3v) is 5.32. The highest BCUT2D eigenvalue weighted by Gasteiger charge is 2.28. The van der Waals surface area contributed by atoms with Gasteiger partial charge in [-0.25, -0.2) is 4.79 Å². The van der Waals surface area contributed by atoms with Gasteiger partial charge in [-0.2, -0.15) is 0 Å². The first kappa shape index (κ1) is 18.6. The number of aromatic amines is 1. The van der Waals surface area contributed by atoms with Gasteiger partial charge in [0.2, 0.25) is 5.91 Å². The molecule has 0 radical (unpaired) electrons. The number of fused-ring (bicyclic) bond motifs is 1. The second-order valence-corrected chi connectivity index (χ2v) is 7.41. The van der Waals surface area contributed by atoms with Crippen molar-refractivity contribution in [3.63, 3.8) is 0 Å². The second-order valence-electron chi connectivity index (χ2n) is 6.57. The lowest BCUT2D eigenvalue weighted by molar-refractivity contribution is -0.118. The van der Waals surface area contributed by atoms with Crippen LogP contribution in [0.3, 0.4) is 0 Å². The fourth-order valence-corrected chi connectivity index (χ4v) is 4.25. The standard InChI is InChI=1S/C21H16Cl2N2O3/c22-12-9-14(23)17-15(10-12)25-19(21(27)28)18(17)16(11-5-2-1-3-6-11)13-7-4-8-24-20(13)26/h1-3,5-6,9-10,25H,4,7-8H2,(H,24,26)(H,27,28). The van der Waals surface area contributed by atoms with E-state index in [0.29, 0.717) is 50.6 Å². The van der Waals surface area contributed by atoms with E-state index in [1.165, 1.54) is 0 Å². The van der Waals surface area contributed by atoms with Crippen molar-refractivity contribution in [2.45, 2.75) is 12.8 Å². The van der Waals surface area contributed by atoms with Gasteiger partial charge in [0.15, 0.2) is 0 Å². The summed E-state index contributed by atoms with van der Waals surface area (Å²) in [5, 5.41) is 14.0. The highest BCUT2D eigenvalue weighted by atomic mass is 35.5. The molecule has 2 heterocycles. The van der Waals surface area contributed by atoms with Crippen LogP contribution in [0.1, 0.15) is 34.5 Å². The highest BCUT2D eigenvalue weighted by Crippen LogP contribution is 2.41. The summed E-state index contributed by atoms with van der Waals surface area (Å²) in [5.41, 5.74) is 2.77. The number of rotatable bonds is 3. The van der Waals surface area contributed by atoms with Crippen LogP contribution in [0, 0.1) is 0 Å². The van der Waals surface area contributed by atoms with E-state index in [2.05, 4.69) is 10.3 Å². The summed E-state index contributed by atoms with van der Waals surface area (Å²) >= 11 is 12.6. The van der Waals surface area contributed by atoms with E-state index in [1.807, 2.05) is 30.3 Å². The number of aromatic nitrogens is 1. The highest BCUT2D eigenvalue weighted by molar-refractivity contribution is 6.39. The van der Waals surface area contributed by atoms with E-state index in [4.69, 9.17) is 23.2 Å². The molecule has 1 amide bonds. The van der Waals surface area contributed by atoms with Crippen LogP contribution in [0.5, 0.6) is 0 Å². The maximum Gasteiger partial charge on any atom is 0.352 e. The van der Waals surface area contributed by atoms with E-state index in [9.17, 15) is 14.7 Å². The Morgan fingerprint density at radius 3 is 2.54 bits per heavy atom. The van der Waals surface area contributed by atoms with E-state index in [1.54, 1.807) is 12.1 Å². The molecule has 1 aliphatic rings. The fourth-order valence-electron chi connectivity index (χ4n) is 3.66. The van der Waals surface area contributed by atoms with Crippen LogP contribution in [0.15, 0.2) is 48.0 Å². The van der Waals surface area contributed by atoms with Crippen LogP contribution < -0.4 is 5.32 Å². The lowest BCUT2D eigenvalue weighted by Gasteiger charge is -2.20. The molecule has 28 heavy (non-hydrogen) atoms. The average Bonchev–Trinajstić information content (AvgIpc) is 3.04. The maximum atomic E-state index is 12.7. The number of carboxylic acid groups (broad SMARTS) is 1. The number of amides is 1. The number of hydrogen-bond donors (Lipinski definition) is 3. The van der Waals surface area contributed by atoms with Crippen molar-refractivity contribution in [2.75, 3.05) is 6.54 Å². The first-order valence-electron chi connectivity index (χ1n) is 8.78. The summed E-state index contributed by atoms with van der Waals surface area (Å²) in [6.07, 6.45) is 1.33. The molecule has 1 fully saturated rings. The Hall–Kier alpha value is -2.76. The molecule has 7 heteroatoms. The number of piperidine rings is 1. The lowest BCUT2D eigenvalue weighted by atomic mass is 9.87. The average molecular weight is 415 g/mol. The minimum atomic E-state index is -1.14. The molecule has 142 valence electrons. The van der Waals surface area contributed by atoms with Gasteiger partial charge in [0.25, 0.3) is 0 Å². The number of carbonyl (C=O) groups is 2. The van der Waals surface area contributed by atoms with Crippen LogP contribution in [0.4, 0.5) is 0 Å². The van der Waals surface area contributed by atoms with Crippen molar-refractivity contribution in [3.05, 3.63) is 74.9 Å². The van der Waals surface area contributed by atoms with Crippen molar-refractivity contribution in [3.8, 4) is 0 Å². The molecule has 3 aromatic rings. The molecule has 4 rings (SSSR count). The Kier molecular flexibility index (Phi) is 4.87. The van der Waals surface area contributed by atoms with Crippen molar-refractivity contribution >= 4 is 51.6 Å². The number of benzene rings is 2. The first-order chi connectivity index (χ1) is 13.5. The molecule has 0 unspecified atom stereocenters. The van der Waals surface area contributed by atoms with Crippen molar-refractivity contribution in [2.24, 2.45) is 0 Å². The summed E-state index contributed by atoms with van der Waals surface area (Å²) in [7, 11) is 0. The van der Waals surface area contributed by atoms with Crippen LogP contribution in [0.2, 0.25) is 10.0 Å². The molecule has 5 nitrogen and oxygen atoms in total. The second kappa shape index (κ2) is 7.34. The summed E-state index contributed by atoms with van der Waals surface area (Å²) < 4.78 is 0. The van der Waals surface area contributed by atoms with E-state index < -0.39 is 5.97 Å². The summed E-state index contributed by atoms with van der Waals surface area (Å²) in [4.78, 5) is 27.7. The predicted octanol–water partition coefficient (Wildman–Crippen LogP) is 4.88. The van der Waals surface area contributed by atoms with E-state index >= 15 is 0 Å². The number of aromatic carboxylic acids is 1. The minimum absolute atomic E-state index is 0.0242. The monoisotopic (exact) mass is 414 g/mol. The molecule has 1 saturated heterocycles. The SMILES string of the molecule is O=C1NCCCC1=C(c1ccccc1)c1c(C(=O)O)[nH]c2cc(Cl)cc(Cl)c12. The molecule has 1 aliphatic heterocycles. The van der Waals surface area contributed by atoms with Gasteiger partial charge in [0.05, 0.1) is 5.02 Å². The quantitative estimate of drug-likeness (QED) is 0.533. The van der Waals surface area contributed by atoms with Crippen molar-refractivity contribution in [1.29, 1.82) is 0 Å². The zero-order valence-corrected chi connectivity index (χ0v) is 16.2.